The van der Waals surface area contributed by atoms with Crippen LogP contribution in [0.5, 0.6) is 0 Å². The summed E-state index contributed by atoms with van der Waals surface area (Å²) in [5.41, 5.74) is 1.02. The van der Waals surface area contributed by atoms with E-state index in [1.807, 2.05) is 26.0 Å². The first-order valence-corrected chi connectivity index (χ1v) is 7.81. The molecule has 0 amide bonds. The third kappa shape index (κ3) is 3.07. The topological polar surface area (TPSA) is 26.3 Å². The number of carbonyl (C=O) groups excluding carboxylic acids is 1. The molecular weight excluding hydrogens is 272 g/mol. The fraction of sp³-hybridized carbons (Fsp3) is 0.588. The van der Waals surface area contributed by atoms with Gasteiger partial charge in [-0.2, -0.15) is 0 Å². The highest BCUT2D eigenvalue weighted by Gasteiger charge is 2.42. The standard InChI is InChI=1S/C17H23ClO2/c1-4-20-17(9-7-12(2)8-10-17)16(19)14-6-5-13(3)15(18)11-14/h5-6,11-12H,4,7-10H2,1-3H3. The smallest absolute Gasteiger partial charge is 0.194 e. The van der Waals surface area contributed by atoms with Gasteiger partial charge < -0.3 is 4.74 Å². The summed E-state index contributed by atoms with van der Waals surface area (Å²) in [6, 6.07) is 5.54. The molecule has 1 aliphatic rings. The highest BCUT2D eigenvalue weighted by molar-refractivity contribution is 6.31. The first-order chi connectivity index (χ1) is 9.48. The van der Waals surface area contributed by atoms with E-state index >= 15 is 0 Å². The molecular formula is C17H23ClO2. The molecule has 0 atom stereocenters. The summed E-state index contributed by atoms with van der Waals surface area (Å²) in [6.45, 7) is 6.70. The zero-order valence-electron chi connectivity index (χ0n) is 12.5. The highest BCUT2D eigenvalue weighted by Crippen LogP contribution is 2.37. The molecule has 0 aromatic heterocycles. The van der Waals surface area contributed by atoms with Crippen LogP contribution in [-0.4, -0.2) is 18.0 Å². The van der Waals surface area contributed by atoms with E-state index in [0.717, 1.165) is 31.2 Å². The van der Waals surface area contributed by atoms with Crippen molar-refractivity contribution < 1.29 is 9.53 Å². The van der Waals surface area contributed by atoms with Crippen LogP contribution in [0.2, 0.25) is 5.02 Å². The molecule has 0 N–H and O–H groups in total. The molecule has 0 bridgehead atoms. The molecule has 0 aliphatic heterocycles. The molecule has 0 unspecified atom stereocenters. The van der Waals surface area contributed by atoms with Crippen molar-refractivity contribution in [3.63, 3.8) is 0 Å². The molecule has 3 heteroatoms. The van der Waals surface area contributed by atoms with Crippen LogP contribution in [-0.2, 0) is 4.74 Å². The van der Waals surface area contributed by atoms with Gasteiger partial charge in [-0.15, -0.1) is 0 Å². The maximum Gasteiger partial charge on any atom is 0.194 e. The average molecular weight is 295 g/mol. The van der Waals surface area contributed by atoms with E-state index in [0.29, 0.717) is 23.1 Å². The monoisotopic (exact) mass is 294 g/mol. The van der Waals surface area contributed by atoms with Gasteiger partial charge in [0, 0.05) is 17.2 Å². The number of hydrogen-bond donors (Lipinski definition) is 0. The largest absolute Gasteiger partial charge is 0.367 e. The lowest BCUT2D eigenvalue weighted by molar-refractivity contribution is -0.0474. The zero-order valence-corrected chi connectivity index (χ0v) is 13.3. The molecule has 2 rings (SSSR count). The Hall–Kier alpha value is -0.860. The van der Waals surface area contributed by atoms with Crippen molar-refractivity contribution >= 4 is 17.4 Å². The van der Waals surface area contributed by atoms with Crippen LogP contribution in [0.3, 0.4) is 0 Å². The molecule has 1 aliphatic carbocycles. The Kier molecular flexibility index (Phi) is 4.87. The third-order valence-electron chi connectivity index (χ3n) is 4.35. The molecule has 20 heavy (non-hydrogen) atoms. The van der Waals surface area contributed by atoms with Gasteiger partial charge in [-0.05, 0) is 57.1 Å². The van der Waals surface area contributed by atoms with Gasteiger partial charge in [0.1, 0.15) is 5.60 Å². The molecule has 1 aromatic carbocycles. The van der Waals surface area contributed by atoms with Crippen molar-refractivity contribution in [1.29, 1.82) is 0 Å². The van der Waals surface area contributed by atoms with Crippen molar-refractivity contribution in [2.45, 2.75) is 52.1 Å². The van der Waals surface area contributed by atoms with Crippen LogP contribution < -0.4 is 0 Å². The maximum absolute atomic E-state index is 12.9. The van der Waals surface area contributed by atoms with Gasteiger partial charge in [0.25, 0.3) is 0 Å². The van der Waals surface area contributed by atoms with Gasteiger partial charge in [-0.1, -0.05) is 30.7 Å². The van der Waals surface area contributed by atoms with E-state index in [1.165, 1.54) is 0 Å². The van der Waals surface area contributed by atoms with Gasteiger partial charge in [0.15, 0.2) is 5.78 Å². The van der Waals surface area contributed by atoms with Crippen LogP contribution in [0.4, 0.5) is 0 Å². The first kappa shape index (κ1) is 15.5. The molecule has 1 aromatic rings. The fourth-order valence-corrected chi connectivity index (χ4v) is 3.12. The summed E-state index contributed by atoms with van der Waals surface area (Å²) in [5.74, 6) is 0.770. The highest BCUT2D eigenvalue weighted by atomic mass is 35.5. The van der Waals surface area contributed by atoms with E-state index < -0.39 is 5.60 Å². The molecule has 1 saturated carbocycles. The lowest BCUT2D eigenvalue weighted by Crippen LogP contribution is -2.44. The number of ether oxygens (including phenoxy) is 1. The lowest BCUT2D eigenvalue weighted by Gasteiger charge is -2.37. The number of ketones is 1. The Morgan fingerprint density at radius 3 is 2.60 bits per heavy atom. The molecule has 0 heterocycles. The summed E-state index contributed by atoms with van der Waals surface area (Å²) in [6.07, 6.45) is 3.72. The average Bonchev–Trinajstić information content (AvgIpc) is 2.44. The minimum absolute atomic E-state index is 0.0909. The lowest BCUT2D eigenvalue weighted by atomic mass is 9.75. The van der Waals surface area contributed by atoms with Crippen LogP contribution in [0.25, 0.3) is 0 Å². The predicted octanol–water partition coefficient (Wildman–Crippen LogP) is 4.82. The quantitative estimate of drug-likeness (QED) is 0.744. The summed E-state index contributed by atoms with van der Waals surface area (Å²) >= 11 is 6.15. The Morgan fingerprint density at radius 1 is 1.40 bits per heavy atom. The van der Waals surface area contributed by atoms with Crippen molar-refractivity contribution in [2.24, 2.45) is 5.92 Å². The van der Waals surface area contributed by atoms with Crippen molar-refractivity contribution in [3.05, 3.63) is 34.3 Å². The van der Waals surface area contributed by atoms with E-state index in [1.54, 1.807) is 6.07 Å². The van der Waals surface area contributed by atoms with Gasteiger partial charge in [-0.3, -0.25) is 4.79 Å². The second-order valence-corrected chi connectivity index (χ2v) is 6.31. The SMILES string of the molecule is CCOC1(C(=O)c2ccc(C)c(Cl)c2)CCC(C)CC1. The van der Waals surface area contributed by atoms with Crippen LogP contribution in [0.15, 0.2) is 18.2 Å². The number of rotatable bonds is 4. The minimum Gasteiger partial charge on any atom is -0.367 e. The van der Waals surface area contributed by atoms with Crippen LogP contribution in [0.1, 0.15) is 55.5 Å². The first-order valence-electron chi connectivity index (χ1n) is 7.43. The number of aryl methyl sites for hydroxylation is 1. The van der Waals surface area contributed by atoms with E-state index in [4.69, 9.17) is 16.3 Å². The molecule has 0 radical (unpaired) electrons. The predicted molar refractivity (Wildman–Crippen MR) is 82.5 cm³/mol. The second-order valence-electron chi connectivity index (χ2n) is 5.90. The molecule has 0 spiro atoms. The molecule has 2 nitrogen and oxygen atoms in total. The summed E-state index contributed by atoms with van der Waals surface area (Å²) in [7, 11) is 0. The van der Waals surface area contributed by atoms with E-state index in [2.05, 4.69) is 6.92 Å². The van der Waals surface area contributed by atoms with E-state index in [9.17, 15) is 4.79 Å². The Bertz CT molecular complexity index is 488. The van der Waals surface area contributed by atoms with Gasteiger partial charge in [0.05, 0.1) is 0 Å². The number of Topliss-reactive ketones (excluding diaryl/α,β-unsaturated/α-hetero) is 1. The summed E-state index contributed by atoms with van der Waals surface area (Å²) < 4.78 is 5.91. The van der Waals surface area contributed by atoms with Crippen molar-refractivity contribution in [3.8, 4) is 0 Å². The Balaban J connectivity index is 2.29. The molecule has 1 fully saturated rings. The fourth-order valence-electron chi connectivity index (χ4n) is 2.94. The number of hydrogen-bond acceptors (Lipinski definition) is 2. The third-order valence-corrected chi connectivity index (χ3v) is 4.76. The Labute approximate surface area is 126 Å². The summed E-state index contributed by atoms with van der Waals surface area (Å²) in [4.78, 5) is 12.9. The van der Waals surface area contributed by atoms with E-state index in [-0.39, 0.29) is 5.78 Å². The Morgan fingerprint density at radius 2 is 2.05 bits per heavy atom. The van der Waals surface area contributed by atoms with Gasteiger partial charge >= 0.3 is 0 Å². The maximum atomic E-state index is 12.9. The minimum atomic E-state index is -0.639. The summed E-state index contributed by atoms with van der Waals surface area (Å²) in [5, 5.41) is 0.645. The molecule has 110 valence electrons. The molecule has 0 saturated heterocycles. The van der Waals surface area contributed by atoms with Gasteiger partial charge in [0.2, 0.25) is 0 Å². The number of carbonyl (C=O) groups is 1. The van der Waals surface area contributed by atoms with Crippen molar-refractivity contribution in [2.75, 3.05) is 6.61 Å². The number of benzene rings is 1. The second kappa shape index (κ2) is 6.28. The van der Waals surface area contributed by atoms with Gasteiger partial charge in [-0.25, -0.2) is 0 Å². The normalized spacial score (nSPS) is 26.5. The van der Waals surface area contributed by atoms with Crippen LogP contribution >= 0.6 is 11.6 Å². The van der Waals surface area contributed by atoms with Crippen molar-refractivity contribution in [1.82, 2.24) is 0 Å². The van der Waals surface area contributed by atoms with Crippen LogP contribution in [0, 0.1) is 12.8 Å². The zero-order chi connectivity index (χ0) is 14.8. The number of halogens is 1.